The Labute approximate surface area is 118 Å². The first-order valence-corrected chi connectivity index (χ1v) is 8.03. The van der Waals surface area contributed by atoms with Crippen molar-refractivity contribution in [1.29, 1.82) is 0 Å². The largest absolute Gasteiger partial charge is 0.388 e. The van der Waals surface area contributed by atoms with Crippen LogP contribution in [0.4, 0.5) is 0 Å². The number of likely N-dealkylation sites (N-methyl/N-ethyl adjacent to an activating group) is 1. The van der Waals surface area contributed by atoms with Gasteiger partial charge in [-0.3, -0.25) is 0 Å². The van der Waals surface area contributed by atoms with Crippen LogP contribution in [-0.2, 0) is 0 Å². The van der Waals surface area contributed by atoms with E-state index < -0.39 is 5.60 Å². The Kier molecular flexibility index (Phi) is 4.59. The van der Waals surface area contributed by atoms with Crippen LogP contribution in [0.1, 0.15) is 52.4 Å². The average molecular weight is 268 g/mol. The molecule has 0 spiro atoms. The summed E-state index contributed by atoms with van der Waals surface area (Å²) in [5, 5.41) is 11.2. The summed E-state index contributed by atoms with van der Waals surface area (Å²) in [6.07, 6.45) is 6.72. The second-order valence-corrected chi connectivity index (χ2v) is 7.44. The molecule has 0 aromatic rings. The zero-order chi connectivity index (χ0) is 14.1. The Balaban J connectivity index is 2.11. The van der Waals surface area contributed by atoms with Gasteiger partial charge in [0.1, 0.15) is 0 Å². The number of nitrogens with two attached hydrogens (primary N) is 1. The van der Waals surface area contributed by atoms with E-state index in [1.807, 2.05) is 0 Å². The van der Waals surface area contributed by atoms with Crippen LogP contribution < -0.4 is 5.73 Å². The molecule has 2 fully saturated rings. The summed E-state index contributed by atoms with van der Waals surface area (Å²) in [5.41, 5.74) is 5.55. The van der Waals surface area contributed by atoms with Crippen molar-refractivity contribution < 1.29 is 5.11 Å². The molecule has 112 valence electrons. The van der Waals surface area contributed by atoms with Gasteiger partial charge in [-0.2, -0.15) is 0 Å². The lowest BCUT2D eigenvalue weighted by Gasteiger charge is -2.54. The van der Waals surface area contributed by atoms with Crippen molar-refractivity contribution in [2.24, 2.45) is 23.0 Å². The first-order valence-electron chi connectivity index (χ1n) is 8.03. The highest BCUT2D eigenvalue weighted by Crippen LogP contribution is 2.50. The van der Waals surface area contributed by atoms with E-state index in [1.54, 1.807) is 0 Å². The van der Waals surface area contributed by atoms with Crippen LogP contribution in [0.2, 0.25) is 0 Å². The SMILES string of the molecule is CC(C)C1CCC(CN)(C2(O)CCCN(C)C2)CC1. The summed E-state index contributed by atoms with van der Waals surface area (Å²) >= 11 is 0. The van der Waals surface area contributed by atoms with E-state index >= 15 is 0 Å². The lowest BCUT2D eigenvalue weighted by molar-refractivity contribution is -0.139. The molecular weight excluding hydrogens is 236 g/mol. The Hall–Kier alpha value is -0.120. The van der Waals surface area contributed by atoms with Crippen molar-refractivity contribution in [2.75, 3.05) is 26.7 Å². The van der Waals surface area contributed by atoms with Gasteiger partial charge in [0.15, 0.2) is 0 Å². The van der Waals surface area contributed by atoms with Gasteiger partial charge in [0.05, 0.1) is 5.60 Å². The summed E-state index contributed by atoms with van der Waals surface area (Å²) < 4.78 is 0. The van der Waals surface area contributed by atoms with Gasteiger partial charge in [-0.1, -0.05) is 13.8 Å². The molecule has 0 bridgehead atoms. The fourth-order valence-corrected chi connectivity index (χ4v) is 4.40. The molecule has 2 rings (SSSR count). The van der Waals surface area contributed by atoms with Gasteiger partial charge in [-0.25, -0.2) is 0 Å². The molecule has 3 N–H and O–H groups in total. The van der Waals surface area contributed by atoms with Crippen LogP contribution in [-0.4, -0.2) is 42.3 Å². The fraction of sp³-hybridized carbons (Fsp3) is 1.00. The molecule has 1 unspecified atom stereocenters. The molecule has 0 aromatic carbocycles. The summed E-state index contributed by atoms with van der Waals surface area (Å²) in [6, 6.07) is 0. The monoisotopic (exact) mass is 268 g/mol. The number of hydrogen-bond acceptors (Lipinski definition) is 3. The summed E-state index contributed by atoms with van der Waals surface area (Å²) in [4.78, 5) is 2.27. The van der Waals surface area contributed by atoms with Crippen molar-refractivity contribution in [3.05, 3.63) is 0 Å². The zero-order valence-electron chi connectivity index (χ0n) is 13.0. The number of likely N-dealkylation sites (tertiary alicyclic amines) is 1. The van der Waals surface area contributed by atoms with Crippen LogP contribution >= 0.6 is 0 Å². The number of nitrogens with zero attached hydrogens (tertiary/aromatic N) is 1. The summed E-state index contributed by atoms with van der Waals surface area (Å²) in [5.74, 6) is 1.59. The molecule has 3 nitrogen and oxygen atoms in total. The number of rotatable bonds is 3. The number of piperidine rings is 1. The number of hydrogen-bond donors (Lipinski definition) is 2. The zero-order valence-corrected chi connectivity index (χ0v) is 13.0. The van der Waals surface area contributed by atoms with Crippen LogP contribution in [0.15, 0.2) is 0 Å². The quantitative estimate of drug-likeness (QED) is 0.825. The molecule has 1 atom stereocenters. The van der Waals surface area contributed by atoms with E-state index in [-0.39, 0.29) is 5.41 Å². The molecule has 0 amide bonds. The Morgan fingerprint density at radius 2 is 1.89 bits per heavy atom. The molecule has 1 aliphatic carbocycles. The first kappa shape index (κ1) is 15.3. The Morgan fingerprint density at radius 1 is 1.26 bits per heavy atom. The van der Waals surface area contributed by atoms with E-state index in [0.717, 1.165) is 50.6 Å². The predicted octanol–water partition coefficient (Wildman–Crippen LogP) is 2.23. The number of β-amino-alcohol motifs (C(OH)–C–C–N with tert-alkyl or cyclic N) is 1. The normalized spacial score (nSPS) is 41.7. The summed E-state index contributed by atoms with van der Waals surface area (Å²) in [7, 11) is 2.12. The van der Waals surface area contributed by atoms with E-state index in [4.69, 9.17) is 5.73 Å². The summed E-state index contributed by atoms with van der Waals surface area (Å²) in [6.45, 7) is 7.20. The van der Waals surface area contributed by atoms with Crippen molar-refractivity contribution in [3.63, 3.8) is 0 Å². The van der Waals surface area contributed by atoms with E-state index in [0.29, 0.717) is 6.54 Å². The van der Waals surface area contributed by atoms with Crippen LogP contribution in [0, 0.1) is 17.3 Å². The van der Waals surface area contributed by atoms with Crippen molar-refractivity contribution in [2.45, 2.75) is 58.0 Å². The molecule has 0 radical (unpaired) electrons. The second kappa shape index (κ2) is 5.71. The third-order valence-electron chi connectivity index (χ3n) is 5.97. The highest BCUT2D eigenvalue weighted by atomic mass is 16.3. The lowest BCUT2D eigenvalue weighted by Crippen LogP contribution is -2.61. The Morgan fingerprint density at radius 3 is 2.37 bits per heavy atom. The third kappa shape index (κ3) is 2.84. The average Bonchev–Trinajstić information content (AvgIpc) is 2.38. The standard InChI is InChI=1S/C16H32N2O/c1-13(2)14-5-8-15(11-17,9-6-14)16(19)7-4-10-18(3)12-16/h13-14,19H,4-12,17H2,1-3H3. The minimum atomic E-state index is -0.559. The molecule has 1 aliphatic heterocycles. The van der Waals surface area contributed by atoms with Gasteiger partial charge in [-0.05, 0) is 64.0 Å². The van der Waals surface area contributed by atoms with E-state index in [9.17, 15) is 5.11 Å². The lowest BCUT2D eigenvalue weighted by atomic mass is 9.58. The van der Waals surface area contributed by atoms with Gasteiger partial charge in [-0.15, -0.1) is 0 Å². The molecule has 3 heteroatoms. The Bertz CT molecular complexity index is 297. The molecule has 19 heavy (non-hydrogen) atoms. The first-order chi connectivity index (χ1) is 8.92. The minimum absolute atomic E-state index is 0.0347. The van der Waals surface area contributed by atoms with Gasteiger partial charge in [0, 0.05) is 18.5 Å². The van der Waals surface area contributed by atoms with Crippen LogP contribution in [0.5, 0.6) is 0 Å². The van der Waals surface area contributed by atoms with Crippen LogP contribution in [0.25, 0.3) is 0 Å². The van der Waals surface area contributed by atoms with Gasteiger partial charge in [0.2, 0.25) is 0 Å². The molecule has 1 saturated heterocycles. The number of aliphatic hydroxyl groups is 1. The maximum atomic E-state index is 11.2. The smallest absolute Gasteiger partial charge is 0.0842 e. The second-order valence-electron chi connectivity index (χ2n) is 7.44. The van der Waals surface area contributed by atoms with Gasteiger partial charge in [0.25, 0.3) is 0 Å². The fourth-order valence-electron chi connectivity index (χ4n) is 4.40. The van der Waals surface area contributed by atoms with Crippen molar-refractivity contribution >= 4 is 0 Å². The topological polar surface area (TPSA) is 49.5 Å². The van der Waals surface area contributed by atoms with Crippen molar-refractivity contribution in [1.82, 2.24) is 4.90 Å². The predicted molar refractivity (Wildman–Crippen MR) is 80.0 cm³/mol. The molecule has 0 aromatic heterocycles. The highest BCUT2D eigenvalue weighted by molar-refractivity contribution is 5.05. The third-order valence-corrected chi connectivity index (χ3v) is 5.97. The molecule has 1 heterocycles. The maximum absolute atomic E-state index is 11.2. The van der Waals surface area contributed by atoms with E-state index in [2.05, 4.69) is 25.8 Å². The van der Waals surface area contributed by atoms with E-state index in [1.165, 1.54) is 12.8 Å². The highest BCUT2D eigenvalue weighted by Gasteiger charge is 2.52. The maximum Gasteiger partial charge on any atom is 0.0842 e. The van der Waals surface area contributed by atoms with Crippen molar-refractivity contribution in [3.8, 4) is 0 Å². The molecular formula is C16H32N2O. The van der Waals surface area contributed by atoms with Crippen LogP contribution in [0.3, 0.4) is 0 Å². The van der Waals surface area contributed by atoms with Gasteiger partial charge < -0.3 is 15.7 Å². The molecule has 1 saturated carbocycles. The van der Waals surface area contributed by atoms with Gasteiger partial charge >= 0.3 is 0 Å². The molecule has 2 aliphatic rings. The minimum Gasteiger partial charge on any atom is -0.388 e.